The van der Waals surface area contributed by atoms with Gasteiger partial charge in [0.2, 0.25) is 0 Å². The number of hydrogen-bond donors (Lipinski definition) is 1. The van der Waals surface area contributed by atoms with Gasteiger partial charge in [0.1, 0.15) is 6.33 Å². The van der Waals surface area contributed by atoms with E-state index in [1.807, 2.05) is 0 Å². The molecule has 2 heterocycles. The largest absolute Gasteiger partial charge is 0.382 e. The van der Waals surface area contributed by atoms with Crippen LogP contribution >= 0.6 is 0 Å². The van der Waals surface area contributed by atoms with Crippen LogP contribution in [0.4, 0.5) is 5.69 Å². The van der Waals surface area contributed by atoms with E-state index >= 15 is 0 Å². The minimum absolute atomic E-state index is 0.302. The second-order valence-corrected chi connectivity index (χ2v) is 5.83. The fourth-order valence-corrected chi connectivity index (χ4v) is 2.98. The molecule has 1 aliphatic rings. The van der Waals surface area contributed by atoms with Crippen LogP contribution in [0.15, 0.2) is 24.5 Å². The minimum Gasteiger partial charge on any atom is -0.382 e. The highest BCUT2D eigenvalue weighted by molar-refractivity contribution is 5.55. The Morgan fingerprint density at radius 1 is 1.24 bits per heavy atom. The Balaban J connectivity index is 1.78. The first kappa shape index (κ1) is 14.0. The van der Waals surface area contributed by atoms with Gasteiger partial charge in [-0.15, -0.1) is 5.10 Å². The molecule has 1 aromatic heterocycles. The number of aryl methyl sites for hydroxylation is 1. The molecule has 1 aromatic carbocycles. The summed E-state index contributed by atoms with van der Waals surface area (Å²) in [5.41, 5.74) is 3.23. The molecule has 112 valence electrons. The van der Waals surface area contributed by atoms with Crippen molar-refractivity contribution in [1.82, 2.24) is 20.2 Å². The summed E-state index contributed by atoms with van der Waals surface area (Å²) in [5.74, 6) is 0. The van der Waals surface area contributed by atoms with Gasteiger partial charge in [-0.05, 0) is 61.7 Å². The van der Waals surface area contributed by atoms with Crippen LogP contribution in [0.25, 0.3) is 5.69 Å². The van der Waals surface area contributed by atoms with E-state index < -0.39 is 0 Å². The Bertz CT molecular complexity index is 588. The zero-order chi connectivity index (χ0) is 14.8. The predicted octanol–water partition coefficient (Wildman–Crippen LogP) is 2.34. The minimum atomic E-state index is 0.302. The van der Waals surface area contributed by atoms with Crippen molar-refractivity contribution in [2.75, 3.05) is 5.32 Å². The van der Waals surface area contributed by atoms with Crippen molar-refractivity contribution in [3.05, 3.63) is 30.1 Å². The highest BCUT2D eigenvalue weighted by atomic mass is 16.5. The average molecular weight is 287 g/mol. The van der Waals surface area contributed by atoms with E-state index in [0.717, 1.165) is 29.8 Å². The van der Waals surface area contributed by atoms with Gasteiger partial charge in [-0.3, -0.25) is 0 Å². The molecule has 6 nitrogen and oxygen atoms in total. The van der Waals surface area contributed by atoms with Gasteiger partial charge in [0.05, 0.1) is 17.9 Å². The summed E-state index contributed by atoms with van der Waals surface area (Å²) < 4.78 is 7.48. The SMILES string of the molecule is Cc1ccc(NC2CC(C)OC(C)C2)cc1-n1cnnn1. The maximum absolute atomic E-state index is 5.79. The van der Waals surface area contributed by atoms with Gasteiger partial charge in [-0.25, -0.2) is 4.68 Å². The summed E-state index contributed by atoms with van der Waals surface area (Å²) in [6.45, 7) is 6.32. The van der Waals surface area contributed by atoms with E-state index in [2.05, 4.69) is 59.8 Å². The highest BCUT2D eigenvalue weighted by Crippen LogP contribution is 2.24. The van der Waals surface area contributed by atoms with Crippen molar-refractivity contribution in [3.8, 4) is 5.69 Å². The lowest BCUT2D eigenvalue weighted by atomic mass is 9.99. The molecule has 21 heavy (non-hydrogen) atoms. The molecule has 0 spiro atoms. The van der Waals surface area contributed by atoms with Crippen LogP contribution in [0.3, 0.4) is 0 Å². The highest BCUT2D eigenvalue weighted by Gasteiger charge is 2.24. The monoisotopic (exact) mass is 287 g/mol. The van der Waals surface area contributed by atoms with Crippen molar-refractivity contribution in [2.45, 2.75) is 51.9 Å². The number of tetrazole rings is 1. The van der Waals surface area contributed by atoms with E-state index in [4.69, 9.17) is 4.74 Å². The number of rotatable bonds is 3. The van der Waals surface area contributed by atoms with Crippen LogP contribution in [-0.4, -0.2) is 38.5 Å². The Morgan fingerprint density at radius 2 is 2.00 bits per heavy atom. The molecule has 0 radical (unpaired) electrons. The molecule has 1 saturated heterocycles. The second kappa shape index (κ2) is 5.81. The van der Waals surface area contributed by atoms with Gasteiger partial charge in [0.25, 0.3) is 0 Å². The Morgan fingerprint density at radius 3 is 2.67 bits per heavy atom. The van der Waals surface area contributed by atoms with E-state index in [9.17, 15) is 0 Å². The molecular weight excluding hydrogens is 266 g/mol. The van der Waals surface area contributed by atoms with Gasteiger partial charge in [-0.1, -0.05) is 6.07 Å². The van der Waals surface area contributed by atoms with Gasteiger partial charge in [0, 0.05) is 11.7 Å². The molecule has 1 aliphatic heterocycles. The Labute approximate surface area is 124 Å². The number of anilines is 1. The van der Waals surface area contributed by atoms with E-state index in [1.54, 1.807) is 11.0 Å². The molecule has 0 saturated carbocycles. The first-order valence-electron chi connectivity index (χ1n) is 7.38. The van der Waals surface area contributed by atoms with E-state index in [1.165, 1.54) is 0 Å². The number of hydrogen-bond acceptors (Lipinski definition) is 5. The number of ether oxygens (including phenoxy) is 1. The lowest BCUT2D eigenvalue weighted by Crippen LogP contribution is -2.36. The quantitative estimate of drug-likeness (QED) is 0.938. The molecule has 1 fully saturated rings. The smallest absolute Gasteiger partial charge is 0.143 e. The van der Waals surface area contributed by atoms with Crippen LogP contribution in [-0.2, 0) is 4.74 Å². The molecule has 3 rings (SSSR count). The summed E-state index contributed by atoms with van der Waals surface area (Å²) in [6.07, 6.45) is 4.27. The zero-order valence-corrected chi connectivity index (χ0v) is 12.7. The van der Waals surface area contributed by atoms with Crippen LogP contribution in [0.2, 0.25) is 0 Å². The maximum Gasteiger partial charge on any atom is 0.143 e. The number of nitrogens with one attached hydrogen (secondary N) is 1. The summed E-state index contributed by atoms with van der Waals surface area (Å²) >= 11 is 0. The maximum atomic E-state index is 5.79. The summed E-state index contributed by atoms with van der Waals surface area (Å²) in [4.78, 5) is 0. The molecule has 1 N–H and O–H groups in total. The molecule has 2 aromatic rings. The number of nitrogens with zero attached hydrogens (tertiary/aromatic N) is 4. The predicted molar refractivity (Wildman–Crippen MR) is 80.5 cm³/mol. The van der Waals surface area contributed by atoms with Crippen molar-refractivity contribution < 1.29 is 4.74 Å². The number of aromatic nitrogens is 4. The third kappa shape index (κ3) is 3.21. The lowest BCUT2D eigenvalue weighted by molar-refractivity contribution is -0.0337. The zero-order valence-electron chi connectivity index (χ0n) is 12.7. The first-order valence-corrected chi connectivity index (χ1v) is 7.38. The van der Waals surface area contributed by atoms with Gasteiger partial charge in [0.15, 0.2) is 0 Å². The molecule has 2 atom stereocenters. The van der Waals surface area contributed by atoms with Crippen LogP contribution in [0.1, 0.15) is 32.3 Å². The average Bonchev–Trinajstić information content (AvgIpc) is 2.93. The molecule has 0 aliphatic carbocycles. The Hall–Kier alpha value is -1.95. The van der Waals surface area contributed by atoms with Crippen LogP contribution in [0.5, 0.6) is 0 Å². The molecule has 2 unspecified atom stereocenters. The molecule has 0 bridgehead atoms. The van der Waals surface area contributed by atoms with Crippen molar-refractivity contribution in [2.24, 2.45) is 0 Å². The number of benzene rings is 1. The van der Waals surface area contributed by atoms with Crippen LogP contribution in [0, 0.1) is 6.92 Å². The fourth-order valence-electron chi connectivity index (χ4n) is 2.98. The molecular formula is C15H21N5O. The molecule has 6 heteroatoms. The Kier molecular flexibility index (Phi) is 3.88. The van der Waals surface area contributed by atoms with E-state index in [-0.39, 0.29) is 0 Å². The van der Waals surface area contributed by atoms with Crippen LogP contribution < -0.4 is 5.32 Å². The van der Waals surface area contributed by atoms with Crippen molar-refractivity contribution in [1.29, 1.82) is 0 Å². The first-order chi connectivity index (χ1) is 10.1. The van der Waals surface area contributed by atoms with Crippen molar-refractivity contribution >= 4 is 5.69 Å². The van der Waals surface area contributed by atoms with Gasteiger partial charge in [-0.2, -0.15) is 0 Å². The third-order valence-electron chi connectivity index (χ3n) is 3.87. The van der Waals surface area contributed by atoms with Crippen molar-refractivity contribution in [3.63, 3.8) is 0 Å². The summed E-state index contributed by atoms with van der Waals surface area (Å²) in [7, 11) is 0. The topological polar surface area (TPSA) is 64.9 Å². The van der Waals surface area contributed by atoms with Gasteiger partial charge < -0.3 is 10.1 Å². The standard InChI is InChI=1S/C15H21N5O/c1-10-4-5-13(8-15(10)20-9-16-18-19-20)17-14-6-11(2)21-12(3)7-14/h4-5,8-9,11-12,14,17H,6-7H2,1-3H3. The lowest BCUT2D eigenvalue weighted by Gasteiger charge is -2.33. The van der Waals surface area contributed by atoms with Gasteiger partial charge >= 0.3 is 0 Å². The fraction of sp³-hybridized carbons (Fsp3) is 0.533. The normalized spacial score (nSPS) is 25.8. The second-order valence-electron chi connectivity index (χ2n) is 5.83. The third-order valence-corrected chi connectivity index (χ3v) is 3.87. The van der Waals surface area contributed by atoms with E-state index in [0.29, 0.717) is 18.2 Å². The summed E-state index contributed by atoms with van der Waals surface area (Å²) in [6, 6.07) is 6.73. The molecule has 0 amide bonds. The summed E-state index contributed by atoms with van der Waals surface area (Å²) in [5, 5.41) is 15.0.